The Kier molecular flexibility index (Phi) is 6.31. The van der Waals surface area contributed by atoms with Crippen LogP contribution in [0.5, 0.6) is 0 Å². The monoisotopic (exact) mass is 758 g/mol. The molecule has 0 radical (unpaired) electrons. The summed E-state index contributed by atoms with van der Waals surface area (Å²) in [5.74, 6) is 0. The van der Waals surface area contributed by atoms with Crippen molar-refractivity contribution in [2.75, 3.05) is 4.81 Å². The lowest BCUT2D eigenvalue weighted by atomic mass is 9.44. The highest BCUT2D eigenvalue weighted by atomic mass is 32.1. The Morgan fingerprint density at radius 3 is 2.12 bits per heavy atom. The lowest BCUT2D eigenvalue weighted by Gasteiger charge is -2.43. The van der Waals surface area contributed by atoms with Gasteiger partial charge in [0.1, 0.15) is 0 Å². The number of thiophene rings is 1. The van der Waals surface area contributed by atoms with E-state index in [1.807, 2.05) is 11.3 Å². The molecular weight excluding hydrogens is 719 g/mol. The maximum absolute atomic E-state index is 2.70. The van der Waals surface area contributed by atoms with E-state index < -0.39 is 0 Å². The standard InChI is InChI=1S/C54H39BN2S/c1-30-23-31(2)49(32(3)24-30)35-26-42-41-25-33-13-6-7-14-34(33)27-46(41)57(36-21-22-38-37-15-8-10-18-43(37)54(4,5)44(38)29-36)55-45-19-12-17-40-51(45)56(47(28-35)50(42)55)52-39-16-9-11-20-48(39)58-53(40)52/h6-29H,1-5H3. The number of aryl methyl sites for hydroxylation is 3. The molecule has 0 bridgehead atoms. The lowest BCUT2D eigenvalue weighted by molar-refractivity contribution is 0.660. The number of hydrogen-bond acceptors (Lipinski definition) is 2. The molecule has 13 rings (SSSR count). The average Bonchev–Trinajstić information content (AvgIpc) is 3.84. The van der Waals surface area contributed by atoms with Gasteiger partial charge in [0.2, 0.25) is 0 Å². The minimum Gasteiger partial charge on any atom is -0.376 e. The minimum absolute atomic E-state index is 0.0377. The van der Waals surface area contributed by atoms with E-state index in [2.05, 4.69) is 190 Å². The molecule has 0 atom stereocenters. The topological polar surface area (TPSA) is 8.17 Å². The number of benzene rings is 8. The average molecular weight is 759 g/mol. The van der Waals surface area contributed by atoms with E-state index in [1.165, 1.54) is 131 Å². The normalized spacial score (nSPS) is 14.4. The third-order valence-electron chi connectivity index (χ3n) is 13.8. The summed E-state index contributed by atoms with van der Waals surface area (Å²) in [6, 6.07) is 56.0. The molecular formula is C54H39BN2S. The predicted octanol–water partition coefficient (Wildman–Crippen LogP) is 13.3. The highest BCUT2D eigenvalue weighted by Gasteiger charge is 2.45. The maximum Gasteiger partial charge on any atom is 0.333 e. The van der Waals surface area contributed by atoms with Gasteiger partial charge in [0.05, 0.1) is 15.7 Å². The molecule has 2 nitrogen and oxygen atoms in total. The lowest BCUT2D eigenvalue weighted by Crippen LogP contribution is -2.60. The van der Waals surface area contributed by atoms with Gasteiger partial charge in [0, 0.05) is 43.5 Å². The van der Waals surface area contributed by atoms with Crippen LogP contribution in [-0.2, 0) is 5.41 Å². The van der Waals surface area contributed by atoms with Crippen molar-refractivity contribution in [1.29, 1.82) is 0 Å². The number of aromatic nitrogens is 1. The summed E-state index contributed by atoms with van der Waals surface area (Å²) in [7, 11) is 0. The first-order valence-electron chi connectivity index (χ1n) is 20.5. The van der Waals surface area contributed by atoms with Gasteiger partial charge in [-0.1, -0.05) is 123 Å². The number of anilines is 2. The molecule has 2 aromatic heterocycles. The van der Waals surface area contributed by atoms with Crippen LogP contribution in [0.3, 0.4) is 0 Å². The maximum atomic E-state index is 2.70. The smallest absolute Gasteiger partial charge is 0.333 e. The Labute approximate surface area is 342 Å². The van der Waals surface area contributed by atoms with Gasteiger partial charge in [0.25, 0.3) is 0 Å². The van der Waals surface area contributed by atoms with Crippen LogP contribution in [0.4, 0.5) is 11.4 Å². The Hall–Kier alpha value is -6.36. The van der Waals surface area contributed by atoms with Crippen molar-refractivity contribution >= 4 is 82.5 Å². The third-order valence-corrected chi connectivity index (χ3v) is 15.0. The second-order valence-corrected chi connectivity index (χ2v) is 18.5. The van der Waals surface area contributed by atoms with Gasteiger partial charge in [-0.2, -0.15) is 0 Å². The fourth-order valence-corrected chi connectivity index (χ4v) is 12.7. The Morgan fingerprint density at radius 2 is 1.28 bits per heavy atom. The zero-order valence-corrected chi connectivity index (χ0v) is 34.1. The van der Waals surface area contributed by atoms with E-state index in [0.717, 1.165) is 0 Å². The summed E-state index contributed by atoms with van der Waals surface area (Å²) in [6.45, 7) is 11.5. The highest BCUT2D eigenvalue weighted by Crippen LogP contribution is 2.53. The van der Waals surface area contributed by atoms with E-state index >= 15 is 0 Å². The molecule has 58 heavy (non-hydrogen) atoms. The molecule has 274 valence electrons. The van der Waals surface area contributed by atoms with Crippen molar-refractivity contribution in [1.82, 2.24) is 4.57 Å². The van der Waals surface area contributed by atoms with Crippen molar-refractivity contribution in [3.63, 3.8) is 0 Å². The Morgan fingerprint density at radius 1 is 0.552 bits per heavy atom. The number of nitrogens with zero attached hydrogens (tertiary/aromatic N) is 2. The molecule has 2 aliphatic heterocycles. The molecule has 0 spiro atoms. The van der Waals surface area contributed by atoms with Gasteiger partial charge in [-0.3, -0.25) is 0 Å². The summed E-state index contributed by atoms with van der Waals surface area (Å²) >= 11 is 1.93. The van der Waals surface area contributed by atoms with Gasteiger partial charge in [-0.05, 0) is 135 Å². The van der Waals surface area contributed by atoms with Crippen LogP contribution in [-0.4, -0.2) is 11.4 Å². The number of hydrogen-bond donors (Lipinski definition) is 0. The summed E-state index contributed by atoms with van der Waals surface area (Å²) in [6.07, 6.45) is 0. The van der Waals surface area contributed by atoms with Crippen LogP contribution in [0, 0.1) is 20.8 Å². The molecule has 8 aromatic carbocycles. The molecule has 10 aromatic rings. The first-order valence-corrected chi connectivity index (χ1v) is 21.4. The molecule has 0 saturated carbocycles. The second kappa shape index (κ2) is 11.2. The van der Waals surface area contributed by atoms with Crippen LogP contribution in [0.1, 0.15) is 41.7 Å². The van der Waals surface area contributed by atoms with Crippen LogP contribution >= 0.6 is 11.3 Å². The summed E-state index contributed by atoms with van der Waals surface area (Å²) in [5.41, 5.74) is 23.7. The largest absolute Gasteiger partial charge is 0.376 e. The van der Waals surface area contributed by atoms with E-state index in [-0.39, 0.29) is 12.3 Å². The number of rotatable bonds is 2. The van der Waals surface area contributed by atoms with Gasteiger partial charge >= 0.3 is 6.85 Å². The number of fused-ring (bicyclic) bond motifs is 13. The van der Waals surface area contributed by atoms with E-state index in [0.29, 0.717) is 0 Å². The number of para-hydroxylation sites is 1. The van der Waals surface area contributed by atoms with E-state index in [4.69, 9.17) is 0 Å². The molecule has 0 amide bonds. The molecule has 1 aliphatic carbocycles. The van der Waals surface area contributed by atoms with Crippen LogP contribution in [0.15, 0.2) is 146 Å². The summed E-state index contributed by atoms with van der Waals surface area (Å²) < 4.78 is 5.36. The van der Waals surface area contributed by atoms with Crippen LogP contribution in [0.25, 0.3) is 81.0 Å². The molecule has 0 N–H and O–H groups in total. The SMILES string of the molecule is Cc1cc(C)c(-c2cc3c4c(c2)-n2c5c(cccc5c5sc6ccccc6c52)B4N(c2ccc4c(c2)C(C)(C)c2ccccc2-4)c2cc4ccccc4cc2-3)c(C)c1. The summed E-state index contributed by atoms with van der Waals surface area (Å²) in [4.78, 5) is 2.70. The Balaban J connectivity index is 1.20. The Bertz CT molecular complexity index is 3470. The van der Waals surface area contributed by atoms with Crippen molar-refractivity contribution in [3.8, 4) is 39.1 Å². The first kappa shape index (κ1) is 32.7. The first-order chi connectivity index (χ1) is 28.3. The van der Waals surface area contributed by atoms with Crippen molar-refractivity contribution in [2.45, 2.75) is 40.0 Å². The van der Waals surface area contributed by atoms with E-state index in [9.17, 15) is 0 Å². The highest BCUT2D eigenvalue weighted by molar-refractivity contribution is 7.26. The van der Waals surface area contributed by atoms with E-state index in [1.54, 1.807) is 0 Å². The minimum atomic E-state index is -0.113. The van der Waals surface area contributed by atoms with Crippen molar-refractivity contribution in [3.05, 3.63) is 173 Å². The molecule has 3 aliphatic rings. The molecule has 0 saturated heterocycles. The molecule has 4 heteroatoms. The molecule has 0 unspecified atom stereocenters. The quantitative estimate of drug-likeness (QED) is 0.159. The second-order valence-electron chi connectivity index (χ2n) is 17.5. The van der Waals surface area contributed by atoms with Crippen LogP contribution < -0.4 is 15.7 Å². The fraction of sp³-hybridized carbons (Fsp3) is 0.111. The zero-order chi connectivity index (χ0) is 38.8. The van der Waals surface area contributed by atoms with Gasteiger partial charge in [-0.25, -0.2) is 0 Å². The van der Waals surface area contributed by atoms with Crippen molar-refractivity contribution < 1.29 is 0 Å². The fourth-order valence-electron chi connectivity index (χ4n) is 11.5. The zero-order valence-electron chi connectivity index (χ0n) is 33.2. The third kappa shape index (κ3) is 4.08. The van der Waals surface area contributed by atoms with Crippen LogP contribution in [0.2, 0.25) is 0 Å². The predicted molar refractivity (Wildman–Crippen MR) is 250 cm³/mol. The molecule has 4 heterocycles. The van der Waals surface area contributed by atoms with Gasteiger partial charge < -0.3 is 9.38 Å². The molecule has 0 fully saturated rings. The van der Waals surface area contributed by atoms with Gasteiger partial charge in [-0.15, -0.1) is 11.3 Å². The van der Waals surface area contributed by atoms with Crippen molar-refractivity contribution in [2.24, 2.45) is 0 Å². The summed E-state index contributed by atoms with van der Waals surface area (Å²) in [5, 5.41) is 5.18. The van der Waals surface area contributed by atoms with Gasteiger partial charge in [0.15, 0.2) is 0 Å².